The molecule has 0 saturated carbocycles. The summed E-state index contributed by atoms with van der Waals surface area (Å²) in [5.74, 6) is 0.825. The first kappa shape index (κ1) is 13.8. The van der Waals surface area contributed by atoms with Crippen molar-refractivity contribution in [3.8, 4) is 5.75 Å². The zero-order valence-electron chi connectivity index (χ0n) is 12.2. The fraction of sp³-hybridized carbons (Fsp3) is 0.278. The van der Waals surface area contributed by atoms with Gasteiger partial charge in [-0.2, -0.15) is 0 Å². The Bertz CT molecular complexity index is 664. The second kappa shape index (κ2) is 6.10. The van der Waals surface area contributed by atoms with E-state index in [4.69, 9.17) is 4.74 Å². The molecule has 1 aliphatic rings. The Balaban J connectivity index is 1.98. The Kier molecular flexibility index (Phi) is 4.02. The summed E-state index contributed by atoms with van der Waals surface area (Å²) in [5, 5.41) is 3.13. The predicted molar refractivity (Wildman–Crippen MR) is 83.1 cm³/mol. The Hall–Kier alpha value is -2.13. The van der Waals surface area contributed by atoms with Crippen molar-refractivity contribution >= 4 is 5.78 Å². The van der Waals surface area contributed by atoms with Gasteiger partial charge in [-0.3, -0.25) is 4.79 Å². The van der Waals surface area contributed by atoms with Crippen LogP contribution < -0.4 is 10.1 Å². The molecule has 3 heteroatoms. The van der Waals surface area contributed by atoms with Gasteiger partial charge in [0.05, 0.1) is 12.2 Å². The highest BCUT2D eigenvalue weighted by atomic mass is 16.5. The van der Waals surface area contributed by atoms with Crippen molar-refractivity contribution in [1.82, 2.24) is 5.32 Å². The molecule has 0 aliphatic carbocycles. The van der Waals surface area contributed by atoms with Crippen molar-refractivity contribution in [1.29, 1.82) is 0 Å². The fourth-order valence-corrected chi connectivity index (χ4v) is 2.76. The van der Waals surface area contributed by atoms with E-state index in [0.29, 0.717) is 12.2 Å². The predicted octanol–water partition coefficient (Wildman–Crippen LogP) is 2.61. The highest BCUT2D eigenvalue weighted by Crippen LogP contribution is 2.31. The molecule has 0 saturated heterocycles. The quantitative estimate of drug-likeness (QED) is 0.856. The van der Waals surface area contributed by atoms with E-state index in [1.165, 1.54) is 0 Å². The van der Waals surface area contributed by atoms with Gasteiger partial charge in [-0.1, -0.05) is 36.4 Å². The second-order valence-corrected chi connectivity index (χ2v) is 5.23. The average molecular weight is 281 g/mol. The molecule has 108 valence electrons. The molecule has 3 rings (SSSR count). The third-order valence-corrected chi connectivity index (χ3v) is 3.87. The lowest BCUT2D eigenvalue weighted by molar-refractivity contribution is 0.103. The van der Waals surface area contributed by atoms with Gasteiger partial charge >= 0.3 is 0 Å². The van der Waals surface area contributed by atoms with Gasteiger partial charge in [0.2, 0.25) is 0 Å². The van der Waals surface area contributed by atoms with Crippen molar-refractivity contribution in [3.05, 3.63) is 64.7 Å². The Morgan fingerprint density at radius 2 is 1.95 bits per heavy atom. The average Bonchev–Trinajstić information content (AvgIpc) is 3.01. The lowest BCUT2D eigenvalue weighted by atomic mass is 9.95. The van der Waals surface area contributed by atoms with Crippen LogP contribution in [0.1, 0.15) is 27.0 Å². The molecule has 0 radical (unpaired) electrons. The van der Waals surface area contributed by atoms with Gasteiger partial charge in [-0.05, 0) is 37.2 Å². The molecule has 2 aromatic rings. The molecule has 1 aliphatic heterocycles. The van der Waals surface area contributed by atoms with Gasteiger partial charge in [0.1, 0.15) is 5.75 Å². The SMILES string of the molecule is CNCCc1ccccc1C(=O)c1cccc2c1OCC2. The van der Waals surface area contributed by atoms with E-state index >= 15 is 0 Å². The number of carbonyl (C=O) groups is 1. The van der Waals surface area contributed by atoms with Crippen LogP contribution in [0.5, 0.6) is 5.75 Å². The van der Waals surface area contributed by atoms with Gasteiger partial charge in [0, 0.05) is 12.0 Å². The molecule has 0 spiro atoms. The number of hydrogen-bond donors (Lipinski definition) is 1. The van der Waals surface area contributed by atoms with Crippen molar-refractivity contribution in [2.45, 2.75) is 12.8 Å². The monoisotopic (exact) mass is 281 g/mol. The van der Waals surface area contributed by atoms with Crippen LogP contribution >= 0.6 is 0 Å². The van der Waals surface area contributed by atoms with Crippen LogP contribution in [-0.4, -0.2) is 26.0 Å². The van der Waals surface area contributed by atoms with Gasteiger partial charge in [-0.25, -0.2) is 0 Å². The molecule has 0 atom stereocenters. The van der Waals surface area contributed by atoms with Crippen molar-refractivity contribution in [2.75, 3.05) is 20.2 Å². The molecule has 0 bridgehead atoms. The Labute approximate surface area is 124 Å². The summed E-state index contributed by atoms with van der Waals surface area (Å²) in [6, 6.07) is 13.7. The third kappa shape index (κ3) is 2.69. The fourth-order valence-electron chi connectivity index (χ4n) is 2.76. The lowest BCUT2D eigenvalue weighted by Crippen LogP contribution is -2.13. The van der Waals surface area contributed by atoms with Crippen molar-refractivity contribution in [2.24, 2.45) is 0 Å². The van der Waals surface area contributed by atoms with E-state index in [-0.39, 0.29) is 5.78 Å². The topological polar surface area (TPSA) is 38.3 Å². The second-order valence-electron chi connectivity index (χ2n) is 5.23. The van der Waals surface area contributed by atoms with E-state index < -0.39 is 0 Å². The first-order chi connectivity index (χ1) is 10.3. The van der Waals surface area contributed by atoms with Crippen molar-refractivity contribution < 1.29 is 9.53 Å². The van der Waals surface area contributed by atoms with Crippen LogP contribution in [0.3, 0.4) is 0 Å². The minimum Gasteiger partial charge on any atom is -0.492 e. The lowest BCUT2D eigenvalue weighted by Gasteiger charge is -2.11. The maximum absolute atomic E-state index is 12.9. The van der Waals surface area contributed by atoms with E-state index in [1.807, 2.05) is 49.5 Å². The minimum atomic E-state index is 0.0560. The first-order valence-corrected chi connectivity index (χ1v) is 7.33. The highest BCUT2D eigenvalue weighted by molar-refractivity contribution is 6.11. The van der Waals surface area contributed by atoms with Crippen LogP contribution in [0.4, 0.5) is 0 Å². The summed E-state index contributed by atoms with van der Waals surface area (Å²) in [4.78, 5) is 12.9. The van der Waals surface area contributed by atoms with E-state index in [0.717, 1.165) is 41.8 Å². The number of ketones is 1. The number of para-hydroxylation sites is 1. The van der Waals surface area contributed by atoms with Gasteiger partial charge in [0.25, 0.3) is 0 Å². The van der Waals surface area contributed by atoms with Crippen LogP contribution in [0.2, 0.25) is 0 Å². The molecule has 21 heavy (non-hydrogen) atoms. The standard InChI is InChI=1S/C18H19NO2/c1-19-11-9-13-5-2-3-7-15(13)17(20)16-8-4-6-14-10-12-21-18(14)16/h2-8,19H,9-12H2,1H3. The summed E-state index contributed by atoms with van der Waals surface area (Å²) in [5.41, 5.74) is 3.67. The van der Waals surface area contributed by atoms with Crippen LogP contribution in [-0.2, 0) is 12.8 Å². The summed E-state index contributed by atoms with van der Waals surface area (Å²) in [6.07, 6.45) is 1.73. The normalized spacial score (nSPS) is 12.8. The van der Waals surface area contributed by atoms with Crippen LogP contribution in [0, 0.1) is 0 Å². The van der Waals surface area contributed by atoms with Crippen LogP contribution in [0.25, 0.3) is 0 Å². The smallest absolute Gasteiger partial charge is 0.197 e. The van der Waals surface area contributed by atoms with Crippen molar-refractivity contribution in [3.63, 3.8) is 0 Å². The molecule has 0 amide bonds. The molecule has 3 nitrogen and oxygen atoms in total. The molecular formula is C18H19NO2. The summed E-state index contributed by atoms with van der Waals surface area (Å²) < 4.78 is 5.66. The molecule has 0 aromatic heterocycles. The number of carbonyl (C=O) groups excluding carboxylic acids is 1. The molecular weight excluding hydrogens is 262 g/mol. The number of fused-ring (bicyclic) bond motifs is 1. The minimum absolute atomic E-state index is 0.0560. The maximum atomic E-state index is 12.9. The summed E-state index contributed by atoms with van der Waals surface area (Å²) >= 11 is 0. The number of nitrogens with one attached hydrogen (secondary N) is 1. The highest BCUT2D eigenvalue weighted by Gasteiger charge is 2.22. The molecule has 1 N–H and O–H groups in total. The van der Waals surface area contributed by atoms with Gasteiger partial charge in [-0.15, -0.1) is 0 Å². The van der Waals surface area contributed by atoms with Gasteiger partial charge < -0.3 is 10.1 Å². The van der Waals surface area contributed by atoms with E-state index in [1.54, 1.807) is 0 Å². The Morgan fingerprint density at radius 3 is 2.81 bits per heavy atom. The number of benzene rings is 2. The maximum Gasteiger partial charge on any atom is 0.197 e. The number of hydrogen-bond acceptors (Lipinski definition) is 3. The number of rotatable bonds is 5. The summed E-state index contributed by atoms with van der Waals surface area (Å²) in [6.45, 7) is 1.52. The summed E-state index contributed by atoms with van der Waals surface area (Å²) in [7, 11) is 1.92. The van der Waals surface area contributed by atoms with Crippen LogP contribution in [0.15, 0.2) is 42.5 Å². The first-order valence-electron chi connectivity index (χ1n) is 7.33. The number of ether oxygens (including phenoxy) is 1. The largest absolute Gasteiger partial charge is 0.492 e. The third-order valence-electron chi connectivity index (χ3n) is 3.87. The van der Waals surface area contributed by atoms with E-state index in [9.17, 15) is 4.79 Å². The number of likely N-dealkylation sites (N-methyl/N-ethyl adjacent to an activating group) is 1. The molecule has 2 aromatic carbocycles. The molecule has 0 fully saturated rings. The van der Waals surface area contributed by atoms with Gasteiger partial charge in [0.15, 0.2) is 5.78 Å². The zero-order valence-corrected chi connectivity index (χ0v) is 12.2. The molecule has 0 unspecified atom stereocenters. The Morgan fingerprint density at radius 1 is 1.14 bits per heavy atom. The van der Waals surface area contributed by atoms with E-state index in [2.05, 4.69) is 5.32 Å². The molecule has 1 heterocycles. The zero-order chi connectivity index (χ0) is 14.7.